The number of hydrogen-bond acceptors (Lipinski definition) is 3. The maximum absolute atomic E-state index is 3.74. The fourth-order valence-corrected chi connectivity index (χ4v) is 4.03. The van der Waals surface area contributed by atoms with Crippen molar-refractivity contribution < 1.29 is 0 Å². The molecule has 3 atom stereocenters. The highest BCUT2D eigenvalue weighted by atomic mass is 15.2. The molecule has 3 nitrogen and oxygen atoms in total. The Morgan fingerprint density at radius 1 is 1.16 bits per heavy atom. The molecule has 3 heteroatoms. The minimum Gasteiger partial charge on any atom is -0.313 e. The number of likely N-dealkylation sites (tertiary alicyclic amines) is 1. The number of nitrogens with zero attached hydrogens (tertiary/aromatic N) is 2. The molecule has 112 valence electrons. The average Bonchev–Trinajstić information content (AvgIpc) is 2.65. The van der Waals surface area contributed by atoms with E-state index in [4.69, 9.17) is 0 Å². The predicted molar refractivity (Wildman–Crippen MR) is 82.6 cm³/mol. The molecule has 1 aliphatic carbocycles. The van der Waals surface area contributed by atoms with E-state index in [9.17, 15) is 0 Å². The van der Waals surface area contributed by atoms with Crippen molar-refractivity contribution in [2.75, 3.05) is 40.3 Å². The molecule has 19 heavy (non-hydrogen) atoms. The van der Waals surface area contributed by atoms with E-state index < -0.39 is 0 Å². The third-order valence-corrected chi connectivity index (χ3v) is 5.05. The molecule has 1 saturated carbocycles. The van der Waals surface area contributed by atoms with Crippen LogP contribution >= 0.6 is 0 Å². The summed E-state index contributed by atoms with van der Waals surface area (Å²) in [5, 5.41) is 3.74. The maximum atomic E-state index is 3.74. The van der Waals surface area contributed by atoms with E-state index in [1.54, 1.807) is 0 Å². The lowest BCUT2D eigenvalue weighted by atomic mass is 9.99. The van der Waals surface area contributed by atoms with E-state index in [1.165, 1.54) is 58.2 Å². The Bertz CT molecular complexity index is 256. The lowest BCUT2D eigenvalue weighted by Gasteiger charge is -2.35. The molecule has 0 aromatic heterocycles. The fourth-order valence-electron chi connectivity index (χ4n) is 4.03. The topological polar surface area (TPSA) is 18.5 Å². The van der Waals surface area contributed by atoms with Gasteiger partial charge in [-0.2, -0.15) is 0 Å². The van der Waals surface area contributed by atoms with Crippen molar-refractivity contribution in [2.24, 2.45) is 5.92 Å². The lowest BCUT2D eigenvalue weighted by Crippen LogP contribution is -2.49. The molecule has 0 radical (unpaired) electrons. The van der Waals surface area contributed by atoms with Gasteiger partial charge in [-0.25, -0.2) is 0 Å². The minimum absolute atomic E-state index is 0.719. The van der Waals surface area contributed by atoms with Crippen LogP contribution in [0.15, 0.2) is 0 Å². The van der Waals surface area contributed by atoms with Gasteiger partial charge in [0, 0.05) is 25.2 Å². The molecule has 2 rings (SSSR count). The van der Waals surface area contributed by atoms with Crippen molar-refractivity contribution in [2.45, 2.75) is 57.5 Å². The summed E-state index contributed by atoms with van der Waals surface area (Å²) in [5.74, 6) is 0.889. The van der Waals surface area contributed by atoms with Gasteiger partial charge < -0.3 is 15.1 Å². The standard InChI is InChI=1S/C16H33N3/c1-4-17-15-8-6-5-7-9-16(15)19(3)13-14-10-11-18(2)12-14/h14-17H,4-13H2,1-3H3. The minimum atomic E-state index is 0.719. The highest BCUT2D eigenvalue weighted by molar-refractivity contribution is 4.87. The number of hydrogen-bond donors (Lipinski definition) is 1. The zero-order chi connectivity index (χ0) is 13.7. The summed E-state index contributed by atoms with van der Waals surface area (Å²) in [6.45, 7) is 7.23. The Hall–Kier alpha value is -0.120. The lowest BCUT2D eigenvalue weighted by molar-refractivity contribution is 0.159. The first-order chi connectivity index (χ1) is 9.20. The smallest absolute Gasteiger partial charge is 0.0246 e. The van der Waals surface area contributed by atoms with E-state index >= 15 is 0 Å². The summed E-state index contributed by atoms with van der Waals surface area (Å²) < 4.78 is 0. The summed E-state index contributed by atoms with van der Waals surface area (Å²) in [7, 11) is 4.62. The first-order valence-corrected chi connectivity index (χ1v) is 8.33. The normalized spacial score (nSPS) is 33.8. The van der Waals surface area contributed by atoms with Gasteiger partial charge in [0.1, 0.15) is 0 Å². The number of likely N-dealkylation sites (N-methyl/N-ethyl adjacent to an activating group) is 2. The molecular formula is C16H33N3. The van der Waals surface area contributed by atoms with Crippen molar-refractivity contribution in [3.05, 3.63) is 0 Å². The summed E-state index contributed by atoms with van der Waals surface area (Å²) in [4.78, 5) is 5.15. The van der Waals surface area contributed by atoms with E-state index in [0.29, 0.717) is 0 Å². The zero-order valence-electron chi connectivity index (χ0n) is 13.2. The quantitative estimate of drug-likeness (QED) is 0.770. The molecule has 3 unspecified atom stereocenters. The van der Waals surface area contributed by atoms with Crippen molar-refractivity contribution in [1.29, 1.82) is 0 Å². The molecule has 0 bridgehead atoms. The van der Waals surface area contributed by atoms with E-state index in [1.807, 2.05) is 0 Å². The molecule has 2 fully saturated rings. The van der Waals surface area contributed by atoms with Gasteiger partial charge in [0.25, 0.3) is 0 Å². The molecule has 0 aromatic rings. The SMILES string of the molecule is CCNC1CCCCCC1N(C)CC1CCN(C)C1. The van der Waals surface area contributed by atoms with Crippen LogP contribution in [-0.2, 0) is 0 Å². The molecule has 1 saturated heterocycles. The molecular weight excluding hydrogens is 234 g/mol. The zero-order valence-corrected chi connectivity index (χ0v) is 13.2. The second-order valence-electron chi connectivity index (χ2n) is 6.73. The van der Waals surface area contributed by atoms with Gasteiger partial charge in [0.15, 0.2) is 0 Å². The van der Waals surface area contributed by atoms with Gasteiger partial charge in [-0.15, -0.1) is 0 Å². The van der Waals surface area contributed by atoms with Crippen LogP contribution in [0.4, 0.5) is 0 Å². The van der Waals surface area contributed by atoms with Crippen LogP contribution < -0.4 is 5.32 Å². The molecule has 0 spiro atoms. The van der Waals surface area contributed by atoms with Crippen molar-refractivity contribution in [1.82, 2.24) is 15.1 Å². The first kappa shape index (κ1) is 15.3. The van der Waals surface area contributed by atoms with Crippen molar-refractivity contribution in [3.63, 3.8) is 0 Å². The summed E-state index contributed by atoms with van der Waals surface area (Å²) in [6.07, 6.45) is 8.40. The van der Waals surface area contributed by atoms with Crippen LogP contribution in [0.5, 0.6) is 0 Å². The maximum Gasteiger partial charge on any atom is 0.0246 e. The summed E-state index contributed by atoms with van der Waals surface area (Å²) >= 11 is 0. The Morgan fingerprint density at radius 3 is 2.63 bits per heavy atom. The Morgan fingerprint density at radius 2 is 1.95 bits per heavy atom. The van der Waals surface area contributed by atoms with E-state index in [0.717, 1.165) is 24.5 Å². The Kier molecular flexibility index (Phi) is 6.11. The van der Waals surface area contributed by atoms with Crippen LogP contribution in [0.2, 0.25) is 0 Å². The number of nitrogens with one attached hydrogen (secondary N) is 1. The van der Waals surface area contributed by atoms with Crippen molar-refractivity contribution in [3.8, 4) is 0 Å². The summed E-state index contributed by atoms with van der Waals surface area (Å²) in [5.41, 5.74) is 0. The van der Waals surface area contributed by atoms with Gasteiger partial charge in [0.05, 0.1) is 0 Å². The van der Waals surface area contributed by atoms with Gasteiger partial charge in [-0.1, -0.05) is 26.2 Å². The van der Waals surface area contributed by atoms with Gasteiger partial charge >= 0.3 is 0 Å². The molecule has 1 heterocycles. The second kappa shape index (κ2) is 7.61. The van der Waals surface area contributed by atoms with Crippen LogP contribution in [-0.4, -0.2) is 62.2 Å². The van der Waals surface area contributed by atoms with Crippen LogP contribution in [0, 0.1) is 5.92 Å². The molecule has 2 aliphatic rings. The van der Waals surface area contributed by atoms with Gasteiger partial charge in [-0.3, -0.25) is 0 Å². The highest BCUT2D eigenvalue weighted by Crippen LogP contribution is 2.24. The van der Waals surface area contributed by atoms with Crippen molar-refractivity contribution >= 4 is 0 Å². The van der Waals surface area contributed by atoms with Crippen LogP contribution in [0.1, 0.15) is 45.4 Å². The molecule has 0 aromatic carbocycles. The van der Waals surface area contributed by atoms with Gasteiger partial charge in [0.2, 0.25) is 0 Å². The molecule has 1 N–H and O–H groups in total. The van der Waals surface area contributed by atoms with Gasteiger partial charge in [-0.05, 0) is 52.4 Å². The molecule has 0 amide bonds. The van der Waals surface area contributed by atoms with Crippen LogP contribution in [0.25, 0.3) is 0 Å². The third kappa shape index (κ3) is 4.44. The monoisotopic (exact) mass is 267 g/mol. The third-order valence-electron chi connectivity index (χ3n) is 5.05. The summed E-state index contributed by atoms with van der Waals surface area (Å²) in [6, 6.07) is 1.48. The Labute approximate surface area is 119 Å². The van der Waals surface area contributed by atoms with Crippen LogP contribution in [0.3, 0.4) is 0 Å². The fraction of sp³-hybridized carbons (Fsp3) is 1.00. The highest BCUT2D eigenvalue weighted by Gasteiger charge is 2.29. The largest absolute Gasteiger partial charge is 0.313 e. The second-order valence-corrected chi connectivity index (χ2v) is 6.73. The first-order valence-electron chi connectivity index (χ1n) is 8.33. The van der Waals surface area contributed by atoms with E-state index in [-0.39, 0.29) is 0 Å². The van der Waals surface area contributed by atoms with E-state index in [2.05, 4.69) is 36.1 Å². The Balaban J connectivity index is 1.88. The predicted octanol–water partition coefficient (Wildman–Crippen LogP) is 2.18. The molecule has 1 aliphatic heterocycles. The number of rotatable bonds is 5. The average molecular weight is 267 g/mol.